The average molecular weight is 357 g/mol. The quantitative estimate of drug-likeness (QED) is 0.486. The Labute approximate surface area is 116 Å². The number of aromatic nitrogens is 2. The molecule has 0 atom stereocenters. The van der Waals surface area contributed by atoms with Gasteiger partial charge in [0, 0.05) is 28.2 Å². The van der Waals surface area contributed by atoms with Gasteiger partial charge in [-0.05, 0) is 5.56 Å². The highest BCUT2D eigenvalue weighted by Gasteiger charge is 2.17. The van der Waals surface area contributed by atoms with Gasteiger partial charge in [0.15, 0.2) is 3.77 Å². The maximum Gasteiger partial charge on any atom is 0.232 e. The van der Waals surface area contributed by atoms with E-state index in [1.54, 1.807) is 0 Å². The van der Waals surface area contributed by atoms with Crippen molar-refractivity contribution in [2.24, 2.45) is 0 Å². The van der Waals surface area contributed by atoms with E-state index in [0.29, 0.717) is 10.9 Å². The third kappa shape index (κ3) is 1.81. The lowest BCUT2D eigenvalue weighted by molar-refractivity contribution is 0.573. The van der Waals surface area contributed by atoms with Crippen LogP contribution >= 0.6 is 34.2 Å². The van der Waals surface area contributed by atoms with Gasteiger partial charge in [-0.2, -0.15) is 0 Å². The third-order valence-corrected chi connectivity index (χ3v) is 3.51. The maximum absolute atomic E-state index is 6.11. The Morgan fingerprint density at radius 3 is 2.65 bits per heavy atom. The van der Waals surface area contributed by atoms with Gasteiger partial charge >= 0.3 is 0 Å². The largest absolute Gasteiger partial charge is 0.431 e. The van der Waals surface area contributed by atoms with E-state index in [0.717, 1.165) is 20.3 Å². The molecular weight excluding hydrogens is 351 g/mol. The summed E-state index contributed by atoms with van der Waals surface area (Å²) in [6.07, 6.45) is 1.40. The molecule has 0 aliphatic carbocycles. The zero-order valence-electron chi connectivity index (χ0n) is 8.52. The number of hydrogen-bond acceptors (Lipinski definition) is 3. The van der Waals surface area contributed by atoms with Crippen molar-refractivity contribution in [2.75, 3.05) is 0 Å². The van der Waals surface area contributed by atoms with Crippen LogP contribution in [0.4, 0.5) is 0 Å². The average Bonchev–Trinajstić information content (AvgIpc) is 2.68. The second kappa shape index (κ2) is 4.27. The summed E-state index contributed by atoms with van der Waals surface area (Å²) >= 11 is 8.25. The van der Waals surface area contributed by atoms with Crippen molar-refractivity contribution >= 4 is 45.3 Å². The van der Waals surface area contributed by atoms with Crippen LogP contribution in [0.1, 0.15) is 0 Å². The summed E-state index contributed by atoms with van der Waals surface area (Å²) < 4.78 is 6.36. The topological polar surface area (TPSA) is 38.9 Å². The maximum atomic E-state index is 6.11. The molecule has 3 nitrogen and oxygen atoms in total. The number of furan rings is 1. The molecular formula is C12H6ClIN2O. The van der Waals surface area contributed by atoms with Crippen molar-refractivity contribution in [3.05, 3.63) is 45.6 Å². The summed E-state index contributed by atoms with van der Waals surface area (Å²) in [5.41, 5.74) is 2.52. The molecule has 3 rings (SSSR count). The molecule has 0 fully saturated rings. The molecule has 0 aliphatic heterocycles. The molecule has 0 radical (unpaired) electrons. The second-order valence-electron chi connectivity index (χ2n) is 3.46. The first-order valence-corrected chi connectivity index (χ1v) is 6.37. The highest BCUT2D eigenvalue weighted by atomic mass is 127. The lowest BCUT2D eigenvalue weighted by Crippen LogP contribution is -1.82. The number of nitrogens with zero attached hydrogens (tertiary/aromatic N) is 2. The predicted octanol–water partition coefficient (Wildman–Crippen LogP) is 4.15. The van der Waals surface area contributed by atoms with Crippen molar-refractivity contribution in [2.45, 2.75) is 0 Å². The van der Waals surface area contributed by atoms with E-state index in [1.807, 2.05) is 30.3 Å². The number of halogens is 2. The van der Waals surface area contributed by atoms with Crippen molar-refractivity contribution in [1.82, 2.24) is 9.97 Å². The lowest BCUT2D eigenvalue weighted by Gasteiger charge is -1.99. The molecule has 84 valence electrons. The van der Waals surface area contributed by atoms with Crippen LogP contribution < -0.4 is 0 Å². The third-order valence-electron chi connectivity index (χ3n) is 2.46. The van der Waals surface area contributed by atoms with E-state index < -0.39 is 0 Å². The normalized spacial score (nSPS) is 10.9. The van der Waals surface area contributed by atoms with Crippen LogP contribution in [-0.2, 0) is 0 Å². The van der Waals surface area contributed by atoms with Crippen molar-refractivity contribution in [3.63, 3.8) is 0 Å². The molecule has 2 aromatic heterocycles. The SMILES string of the molecule is Clc1ncnc2oc(I)c(-c3ccccc3)c12. The van der Waals surface area contributed by atoms with E-state index >= 15 is 0 Å². The van der Waals surface area contributed by atoms with Gasteiger partial charge in [-0.15, -0.1) is 0 Å². The van der Waals surface area contributed by atoms with Gasteiger partial charge in [0.2, 0.25) is 5.71 Å². The van der Waals surface area contributed by atoms with Crippen molar-refractivity contribution in [3.8, 4) is 11.1 Å². The van der Waals surface area contributed by atoms with Gasteiger partial charge in [0.05, 0.1) is 5.39 Å². The van der Waals surface area contributed by atoms with E-state index in [1.165, 1.54) is 6.33 Å². The van der Waals surface area contributed by atoms with Crippen molar-refractivity contribution in [1.29, 1.82) is 0 Å². The van der Waals surface area contributed by atoms with E-state index in [2.05, 4.69) is 32.6 Å². The van der Waals surface area contributed by atoms with Crippen LogP contribution in [0.25, 0.3) is 22.2 Å². The molecule has 1 aromatic carbocycles. The van der Waals surface area contributed by atoms with Gasteiger partial charge in [0.25, 0.3) is 0 Å². The summed E-state index contributed by atoms with van der Waals surface area (Å²) in [4.78, 5) is 8.08. The summed E-state index contributed by atoms with van der Waals surface area (Å²) in [6, 6.07) is 9.94. The Hall–Kier alpha value is -1.14. The minimum atomic E-state index is 0.417. The fraction of sp³-hybridized carbons (Fsp3) is 0. The fourth-order valence-corrected chi connectivity index (χ4v) is 2.74. The molecule has 2 heterocycles. The number of hydrogen-bond donors (Lipinski definition) is 0. The summed E-state index contributed by atoms with van der Waals surface area (Å²) in [5.74, 6) is 0. The molecule has 0 saturated heterocycles. The van der Waals surface area contributed by atoms with Crippen LogP contribution in [-0.4, -0.2) is 9.97 Å². The van der Waals surface area contributed by atoms with E-state index in [9.17, 15) is 0 Å². The molecule has 17 heavy (non-hydrogen) atoms. The summed E-state index contributed by atoms with van der Waals surface area (Å²) in [6.45, 7) is 0. The Balaban J connectivity index is 2.40. The monoisotopic (exact) mass is 356 g/mol. The molecule has 0 spiro atoms. The van der Waals surface area contributed by atoms with Gasteiger partial charge < -0.3 is 4.42 Å². The standard InChI is InChI=1S/C12H6ClIN2O/c13-10-9-8(7-4-2-1-3-5-7)11(14)17-12(9)16-6-15-10/h1-6H. The second-order valence-corrected chi connectivity index (χ2v) is 4.80. The smallest absolute Gasteiger partial charge is 0.232 e. The Morgan fingerprint density at radius 2 is 1.88 bits per heavy atom. The zero-order chi connectivity index (χ0) is 11.8. The van der Waals surface area contributed by atoms with Gasteiger partial charge in [-0.1, -0.05) is 41.9 Å². The van der Waals surface area contributed by atoms with E-state index in [4.69, 9.17) is 16.0 Å². The van der Waals surface area contributed by atoms with Crippen LogP contribution in [0.3, 0.4) is 0 Å². The number of rotatable bonds is 1. The zero-order valence-corrected chi connectivity index (χ0v) is 11.4. The van der Waals surface area contributed by atoms with Crippen molar-refractivity contribution < 1.29 is 4.42 Å². The molecule has 0 saturated carbocycles. The van der Waals surface area contributed by atoms with Crippen LogP contribution in [0.5, 0.6) is 0 Å². The first-order chi connectivity index (χ1) is 8.27. The molecule has 0 amide bonds. The lowest BCUT2D eigenvalue weighted by atomic mass is 10.1. The van der Waals surface area contributed by atoms with Gasteiger partial charge in [0.1, 0.15) is 11.5 Å². The Morgan fingerprint density at radius 1 is 1.12 bits per heavy atom. The van der Waals surface area contributed by atoms with Crippen LogP contribution in [0, 0.1) is 3.77 Å². The molecule has 0 aliphatic rings. The van der Waals surface area contributed by atoms with Crippen LogP contribution in [0.2, 0.25) is 5.15 Å². The first kappa shape index (κ1) is 11.0. The minimum absolute atomic E-state index is 0.417. The highest BCUT2D eigenvalue weighted by Crippen LogP contribution is 2.37. The fourth-order valence-electron chi connectivity index (χ4n) is 1.73. The predicted molar refractivity (Wildman–Crippen MR) is 75.0 cm³/mol. The Bertz CT molecular complexity index is 682. The molecule has 0 N–H and O–H groups in total. The number of fused-ring (bicyclic) bond motifs is 1. The van der Waals surface area contributed by atoms with Gasteiger partial charge in [-0.3, -0.25) is 0 Å². The molecule has 3 aromatic rings. The minimum Gasteiger partial charge on any atom is -0.431 e. The van der Waals surface area contributed by atoms with Gasteiger partial charge in [-0.25, -0.2) is 9.97 Å². The molecule has 0 unspecified atom stereocenters. The summed E-state index contributed by atoms with van der Waals surface area (Å²) in [5, 5.41) is 1.19. The molecule has 5 heteroatoms. The number of benzene rings is 1. The molecule has 0 bridgehead atoms. The highest BCUT2D eigenvalue weighted by molar-refractivity contribution is 14.1. The summed E-state index contributed by atoms with van der Waals surface area (Å²) in [7, 11) is 0. The Kier molecular flexibility index (Phi) is 2.76. The van der Waals surface area contributed by atoms with E-state index in [-0.39, 0.29) is 0 Å². The first-order valence-electron chi connectivity index (χ1n) is 4.91. The van der Waals surface area contributed by atoms with Crippen LogP contribution in [0.15, 0.2) is 41.1 Å².